The Labute approximate surface area is 164 Å². The number of nitrogens with one attached hydrogen (secondary N) is 1. The first-order valence-corrected chi connectivity index (χ1v) is 8.71. The molecule has 0 heterocycles. The highest BCUT2D eigenvalue weighted by Gasteiger charge is 2.13. The molecule has 0 aliphatic rings. The summed E-state index contributed by atoms with van der Waals surface area (Å²) in [4.78, 5) is 37.3. The first-order chi connectivity index (χ1) is 13.3. The number of rotatable bonds is 7. The van der Waals surface area contributed by atoms with Gasteiger partial charge < -0.3 is 19.7 Å². The van der Waals surface area contributed by atoms with E-state index in [1.807, 2.05) is 19.1 Å². The van der Waals surface area contributed by atoms with Crippen molar-refractivity contribution in [2.75, 3.05) is 33.1 Å². The Bertz CT molecular complexity index is 860. The van der Waals surface area contributed by atoms with Crippen LogP contribution in [0.3, 0.4) is 0 Å². The molecule has 0 saturated carbocycles. The summed E-state index contributed by atoms with van der Waals surface area (Å²) >= 11 is 0. The first-order valence-electron chi connectivity index (χ1n) is 8.71. The molecule has 0 saturated heterocycles. The predicted molar refractivity (Wildman–Crippen MR) is 105 cm³/mol. The number of hydrogen-bond acceptors (Lipinski definition) is 5. The van der Waals surface area contributed by atoms with Gasteiger partial charge in [-0.25, -0.2) is 0 Å². The smallest absolute Gasteiger partial charge is 0.310 e. The maximum Gasteiger partial charge on any atom is 0.310 e. The molecule has 1 N–H and O–H groups in total. The van der Waals surface area contributed by atoms with Crippen molar-refractivity contribution in [2.24, 2.45) is 0 Å². The number of esters is 1. The standard InChI is InChI=1S/C21H24N2O5/c1-14-5-10-18(27-4)16(11-14)12-20(25)28-13-19(24)22-17-8-6-15(7-9-17)21(26)23(2)3/h5-11H,12-13H2,1-4H3,(H,22,24). The fraction of sp³-hybridized carbons (Fsp3) is 0.286. The monoisotopic (exact) mass is 384 g/mol. The van der Waals surface area contributed by atoms with Crippen LogP contribution in [-0.2, 0) is 20.7 Å². The Hall–Kier alpha value is -3.35. The minimum absolute atomic E-state index is 0.0134. The second-order valence-corrected chi connectivity index (χ2v) is 6.48. The van der Waals surface area contributed by atoms with E-state index in [-0.39, 0.29) is 12.3 Å². The molecule has 0 aliphatic heterocycles. The van der Waals surface area contributed by atoms with Gasteiger partial charge in [-0.05, 0) is 37.3 Å². The van der Waals surface area contributed by atoms with Crippen molar-refractivity contribution in [1.82, 2.24) is 4.90 Å². The van der Waals surface area contributed by atoms with Crippen LogP contribution in [0.4, 0.5) is 5.69 Å². The zero-order valence-corrected chi connectivity index (χ0v) is 16.4. The van der Waals surface area contributed by atoms with Gasteiger partial charge in [-0.15, -0.1) is 0 Å². The molecule has 2 amide bonds. The highest BCUT2D eigenvalue weighted by molar-refractivity contribution is 5.96. The third kappa shape index (κ3) is 5.84. The van der Waals surface area contributed by atoms with E-state index in [1.54, 1.807) is 44.4 Å². The summed E-state index contributed by atoms with van der Waals surface area (Å²) in [7, 11) is 4.86. The number of aryl methyl sites for hydroxylation is 1. The maximum atomic E-state index is 12.0. The molecule has 2 rings (SSSR count). The van der Waals surface area contributed by atoms with Crippen molar-refractivity contribution >= 4 is 23.5 Å². The number of carbonyl (C=O) groups is 3. The Morgan fingerprint density at radius 2 is 1.71 bits per heavy atom. The number of hydrogen-bond donors (Lipinski definition) is 1. The van der Waals surface area contributed by atoms with E-state index < -0.39 is 18.5 Å². The summed E-state index contributed by atoms with van der Waals surface area (Å²) in [6.45, 7) is 1.52. The number of carbonyl (C=O) groups excluding carboxylic acids is 3. The summed E-state index contributed by atoms with van der Waals surface area (Å²) in [6.07, 6.45) is 0.0134. The van der Waals surface area contributed by atoms with Gasteiger partial charge in [0.25, 0.3) is 11.8 Å². The lowest BCUT2D eigenvalue weighted by Gasteiger charge is -2.11. The topological polar surface area (TPSA) is 84.9 Å². The van der Waals surface area contributed by atoms with Crippen LogP contribution in [0.2, 0.25) is 0 Å². The molecule has 7 heteroatoms. The van der Waals surface area contributed by atoms with Gasteiger partial charge in [0.05, 0.1) is 13.5 Å². The first kappa shape index (κ1) is 21.0. The summed E-state index contributed by atoms with van der Waals surface area (Å²) in [5.41, 5.74) is 2.73. The number of nitrogens with zero attached hydrogens (tertiary/aromatic N) is 1. The zero-order chi connectivity index (χ0) is 20.7. The number of anilines is 1. The fourth-order valence-electron chi connectivity index (χ4n) is 2.55. The quantitative estimate of drug-likeness (QED) is 0.741. The van der Waals surface area contributed by atoms with E-state index in [4.69, 9.17) is 9.47 Å². The summed E-state index contributed by atoms with van der Waals surface area (Å²) in [5.74, 6) is -0.514. The second-order valence-electron chi connectivity index (χ2n) is 6.48. The van der Waals surface area contributed by atoms with E-state index >= 15 is 0 Å². The van der Waals surface area contributed by atoms with Gasteiger partial charge in [0, 0.05) is 30.9 Å². The van der Waals surface area contributed by atoms with Gasteiger partial charge in [-0.2, -0.15) is 0 Å². The lowest BCUT2D eigenvalue weighted by Crippen LogP contribution is -2.22. The van der Waals surface area contributed by atoms with Gasteiger partial charge in [0.2, 0.25) is 0 Å². The largest absolute Gasteiger partial charge is 0.496 e. The van der Waals surface area contributed by atoms with Crippen molar-refractivity contribution in [3.8, 4) is 5.75 Å². The highest BCUT2D eigenvalue weighted by Crippen LogP contribution is 2.20. The molecular formula is C21H24N2O5. The van der Waals surface area contributed by atoms with Gasteiger partial charge in [-0.3, -0.25) is 14.4 Å². The lowest BCUT2D eigenvalue weighted by molar-refractivity contribution is -0.146. The van der Waals surface area contributed by atoms with Crippen molar-refractivity contribution in [3.63, 3.8) is 0 Å². The third-order valence-electron chi connectivity index (χ3n) is 3.96. The number of ether oxygens (including phenoxy) is 2. The molecule has 0 bridgehead atoms. The SMILES string of the molecule is COc1ccc(C)cc1CC(=O)OCC(=O)Nc1ccc(C(=O)N(C)C)cc1. The molecular weight excluding hydrogens is 360 g/mol. The molecule has 0 atom stereocenters. The molecule has 0 aromatic heterocycles. The van der Waals surface area contributed by atoms with Gasteiger partial charge in [0.15, 0.2) is 6.61 Å². The van der Waals surface area contributed by atoms with Crippen LogP contribution in [-0.4, -0.2) is 50.5 Å². The summed E-state index contributed by atoms with van der Waals surface area (Å²) in [5, 5.41) is 2.62. The van der Waals surface area contributed by atoms with Crippen LogP contribution in [0.25, 0.3) is 0 Å². The molecule has 28 heavy (non-hydrogen) atoms. The molecule has 0 unspecified atom stereocenters. The lowest BCUT2D eigenvalue weighted by atomic mass is 10.1. The van der Waals surface area contributed by atoms with Gasteiger partial charge in [0.1, 0.15) is 5.75 Å². The summed E-state index contributed by atoms with van der Waals surface area (Å²) in [6, 6.07) is 12.0. The molecule has 0 spiro atoms. The number of benzene rings is 2. The number of amides is 2. The molecule has 148 valence electrons. The molecule has 0 aliphatic carbocycles. The van der Waals surface area contributed by atoms with E-state index in [2.05, 4.69) is 5.32 Å². The van der Waals surface area contributed by atoms with E-state index in [1.165, 1.54) is 12.0 Å². The van der Waals surface area contributed by atoms with Crippen molar-refractivity contribution in [3.05, 3.63) is 59.2 Å². The second kappa shape index (κ2) is 9.55. The van der Waals surface area contributed by atoms with Crippen LogP contribution in [0.15, 0.2) is 42.5 Å². The Morgan fingerprint density at radius 1 is 1.04 bits per heavy atom. The van der Waals surface area contributed by atoms with Crippen molar-refractivity contribution in [1.29, 1.82) is 0 Å². The Morgan fingerprint density at radius 3 is 2.32 bits per heavy atom. The molecule has 2 aromatic carbocycles. The maximum absolute atomic E-state index is 12.0. The van der Waals surface area contributed by atoms with E-state index in [0.717, 1.165) is 5.56 Å². The Balaban J connectivity index is 1.86. The van der Waals surface area contributed by atoms with Gasteiger partial charge >= 0.3 is 5.97 Å². The van der Waals surface area contributed by atoms with Gasteiger partial charge in [-0.1, -0.05) is 17.7 Å². The van der Waals surface area contributed by atoms with Crippen LogP contribution in [0.1, 0.15) is 21.5 Å². The van der Waals surface area contributed by atoms with E-state index in [0.29, 0.717) is 22.6 Å². The van der Waals surface area contributed by atoms with Crippen molar-refractivity contribution < 1.29 is 23.9 Å². The molecule has 2 aromatic rings. The third-order valence-corrected chi connectivity index (χ3v) is 3.96. The van der Waals surface area contributed by atoms with Crippen LogP contribution >= 0.6 is 0 Å². The predicted octanol–water partition coefficient (Wildman–Crippen LogP) is 2.43. The normalized spacial score (nSPS) is 10.1. The zero-order valence-electron chi connectivity index (χ0n) is 16.4. The number of methoxy groups -OCH3 is 1. The highest BCUT2D eigenvalue weighted by atomic mass is 16.5. The van der Waals surface area contributed by atoms with Crippen LogP contribution in [0, 0.1) is 6.92 Å². The fourth-order valence-corrected chi connectivity index (χ4v) is 2.55. The molecule has 7 nitrogen and oxygen atoms in total. The van der Waals surface area contributed by atoms with Crippen molar-refractivity contribution in [2.45, 2.75) is 13.3 Å². The minimum atomic E-state index is -0.522. The van der Waals surface area contributed by atoms with E-state index in [9.17, 15) is 14.4 Å². The summed E-state index contributed by atoms with van der Waals surface area (Å²) < 4.78 is 10.3. The Kier molecular flexibility index (Phi) is 7.14. The van der Waals surface area contributed by atoms with Crippen LogP contribution in [0.5, 0.6) is 5.75 Å². The average molecular weight is 384 g/mol. The minimum Gasteiger partial charge on any atom is -0.496 e. The van der Waals surface area contributed by atoms with Crippen LogP contribution < -0.4 is 10.1 Å². The molecule has 0 radical (unpaired) electrons. The molecule has 0 fully saturated rings. The average Bonchev–Trinajstić information content (AvgIpc) is 2.66.